The van der Waals surface area contributed by atoms with E-state index in [0.717, 1.165) is 33.9 Å². The van der Waals surface area contributed by atoms with Gasteiger partial charge < -0.3 is 5.11 Å². The van der Waals surface area contributed by atoms with Crippen molar-refractivity contribution in [3.63, 3.8) is 0 Å². The van der Waals surface area contributed by atoms with Gasteiger partial charge in [-0.15, -0.1) is 22.7 Å². The molecule has 3 aromatic heterocycles. The van der Waals surface area contributed by atoms with Crippen molar-refractivity contribution in [1.82, 2.24) is 9.55 Å². The smallest absolute Gasteiger partial charge is 0.303 e. The SMILES string of the molecule is CCCc1nc2sc(CC)c(-c3cccs3)c2c(=O)n1CCCC(=O)O. The normalized spacial score (nSPS) is 11.3. The molecular weight excluding hydrogens is 368 g/mol. The molecule has 7 heteroatoms. The van der Waals surface area contributed by atoms with Crippen molar-refractivity contribution < 1.29 is 9.90 Å². The van der Waals surface area contributed by atoms with Gasteiger partial charge in [0.05, 0.1) is 5.39 Å². The number of carboxylic acids is 1. The van der Waals surface area contributed by atoms with Gasteiger partial charge >= 0.3 is 5.97 Å². The molecule has 3 heterocycles. The maximum atomic E-state index is 13.3. The second-order valence-corrected chi connectivity index (χ2v) is 8.17. The molecular formula is C19H22N2O3S2. The number of rotatable bonds is 8. The lowest BCUT2D eigenvalue weighted by atomic mass is 10.1. The summed E-state index contributed by atoms with van der Waals surface area (Å²) in [7, 11) is 0. The van der Waals surface area contributed by atoms with Gasteiger partial charge in [0, 0.05) is 34.7 Å². The maximum absolute atomic E-state index is 13.3. The summed E-state index contributed by atoms with van der Waals surface area (Å²) in [5.41, 5.74) is 0.971. The Hall–Kier alpha value is -1.99. The lowest BCUT2D eigenvalue weighted by Crippen LogP contribution is -2.25. The van der Waals surface area contributed by atoms with E-state index in [0.29, 0.717) is 24.8 Å². The molecule has 0 fully saturated rings. The first-order valence-corrected chi connectivity index (χ1v) is 10.6. The van der Waals surface area contributed by atoms with Crippen molar-refractivity contribution in [3.8, 4) is 10.4 Å². The van der Waals surface area contributed by atoms with Crippen molar-refractivity contribution in [1.29, 1.82) is 0 Å². The van der Waals surface area contributed by atoms with Gasteiger partial charge in [0.1, 0.15) is 10.7 Å². The Balaban J connectivity index is 2.20. The standard InChI is InChI=1S/C19H22N2O3S2/c1-3-7-14-20-18-17(19(24)21(14)10-5-9-15(22)23)16(12(4-2)26-18)13-8-6-11-25-13/h6,8,11H,3-5,7,9-10H2,1-2H3,(H,22,23). The van der Waals surface area contributed by atoms with E-state index in [2.05, 4.69) is 13.8 Å². The van der Waals surface area contributed by atoms with E-state index in [4.69, 9.17) is 10.1 Å². The number of hydrogen-bond acceptors (Lipinski definition) is 5. The summed E-state index contributed by atoms with van der Waals surface area (Å²) < 4.78 is 1.69. The highest BCUT2D eigenvalue weighted by Gasteiger charge is 2.21. The van der Waals surface area contributed by atoms with E-state index in [1.54, 1.807) is 27.2 Å². The number of carboxylic acid groups (broad SMARTS) is 1. The highest BCUT2D eigenvalue weighted by Crippen LogP contribution is 2.38. The van der Waals surface area contributed by atoms with E-state index in [1.165, 1.54) is 4.88 Å². The number of aliphatic carboxylic acids is 1. The minimum absolute atomic E-state index is 0.0387. The molecule has 0 atom stereocenters. The molecule has 138 valence electrons. The first kappa shape index (κ1) is 18.8. The zero-order valence-electron chi connectivity index (χ0n) is 14.9. The summed E-state index contributed by atoms with van der Waals surface area (Å²) in [4.78, 5) is 32.1. The zero-order chi connectivity index (χ0) is 18.7. The second kappa shape index (κ2) is 8.14. The number of aromatic nitrogens is 2. The third kappa shape index (κ3) is 3.59. The molecule has 3 rings (SSSR count). The Morgan fingerprint density at radius 2 is 2.15 bits per heavy atom. The number of fused-ring (bicyclic) bond motifs is 1. The van der Waals surface area contributed by atoms with Crippen LogP contribution in [0.1, 0.15) is 43.8 Å². The minimum atomic E-state index is -0.841. The van der Waals surface area contributed by atoms with Crippen LogP contribution in [-0.4, -0.2) is 20.6 Å². The van der Waals surface area contributed by atoms with Gasteiger partial charge in [-0.1, -0.05) is 19.9 Å². The molecule has 0 spiro atoms. The van der Waals surface area contributed by atoms with Crippen LogP contribution in [0.25, 0.3) is 20.7 Å². The maximum Gasteiger partial charge on any atom is 0.303 e. The van der Waals surface area contributed by atoms with Gasteiger partial charge in [-0.05, 0) is 30.7 Å². The van der Waals surface area contributed by atoms with Crippen LogP contribution in [0.5, 0.6) is 0 Å². The summed E-state index contributed by atoms with van der Waals surface area (Å²) in [6.45, 7) is 4.55. The van der Waals surface area contributed by atoms with E-state index < -0.39 is 5.97 Å². The van der Waals surface area contributed by atoms with Crippen LogP contribution < -0.4 is 5.56 Å². The van der Waals surface area contributed by atoms with Crippen molar-refractivity contribution in [2.75, 3.05) is 0 Å². The van der Waals surface area contributed by atoms with Gasteiger partial charge in [0.15, 0.2) is 0 Å². The van der Waals surface area contributed by atoms with Crippen molar-refractivity contribution in [2.45, 2.75) is 52.5 Å². The summed E-state index contributed by atoms with van der Waals surface area (Å²) >= 11 is 3.23. The summed E-state index contributed by atoms with van der Waals surface area (Å²) in [5, 5.41) is 11.6. The molecule has 0 aliphatic rings. The topological polar surface area (TPSA) is 72.2 Å². The fourth-order valence-electron chi connectivity index (χ4n) is 3.14. The van der Waals surface area contributed by atoms with Gasteiger partial charge in [0.25, 0.3) is 5.56 Å². The van der Waals surface area contributed by atoms with Crippen molar-refractivity contribution >= 4 is 38.9 Å². The molecule has 0 amide bonds. The van der Waals surface area contributed by atoms with Crippen LogP contribution in [0.3, 0.4) is 0 Å². The van der Waals surface area contributed by atoms with Gasteiger partial charge in [0.2, 0.25) is 0 Å². The van der Waals surface area contributed by atoms with E-state index in [-0.39, 0.29) is 12.0 Å². The summed E-state index contributed by atoms with van der Waals surface area (Å²) in [6, 6.07) is 4.03. The Bertz CT molecular complexity index is 971. The third-order valence-electron chi connectivity index (χ3n) is 4.30. The molecule has 0 aliphatic carbocycles. The van der Waals surface area contributed by atoms with Crippen molar-refractivity contribution in [3.05, 3.63) is 38.6 Å². The number of nitrogens with zero attached hydrogens (tertiary/aromatic N) is 2. The molecule has 0 saturated carbocycles. The van der Waals surface area contributed by atoms with E-state index in [1.807, 2.05) is 17.5 Å². The molecule has 0 unspecified atom stereocenters. The van der Waals surface area contributed by atoms with Gasteiger partial charge in [-0.3, -0.25) is 14.2 Å². The fourth-order valence-corrected chi connectivity index (χ4v) is 5.14. The Morgan fingerprint density at radius 3 is 2.77 bits per heavy atom. The first-order chi connectivity index (χ1) is 12.6. The van der Waals surface area contributed by atoms with Crippen LogP contribution >= 0.6 is 22.7 Å². The molecule has 3 aromatic rings. The van der Waals surface area contributed by atoms with Crippen LogP contribution in [-0.2, 0) is 24.2 Å². The number of carbonyl (C=O) groups is 1. The molecule has 0 aromatic carbocycles. The number of aryl methyl sites for hydroxylation is 2. The predicted octanol–water partition coefficient (Wildman–Crippen LogP) is 4.57. The van der Waals surface area contributed by atoms with Crippen LogP contribution in [0, 0.1) is 0 Å². The largest absolute Gasteiger partial charge is 0.481 e. The molecule has 1 N–H and O–H groups in total. The number of hydrogen-bond donors (Lipinski definition) is 1. The predicted molar refractivity (Wildman–Crippen MR) is 107 cm³/mol. The highest BCUT2D eigenvalue weighted by molar-refractivity contribution is 7.20. The Morgan fingerprint density at radius 1 is 1.35 bits per heavy atom. The number of thiophene rings is 2. The molecule has 0 radical (unpaired) electrons. The monoisotopic (exact) mass is 390 g/mol. The average Bonchev–Trinajstić information content (AvgIpc) is 3.24. The lowest BCUT2D eigenvalue weighted by molar-refractivity contribution is -0.137. The molecule has 0 bridgehead atoms. The minimum Gasteiger partial charge on any atom is -0.481 e. The fraction of sp³-hybridized carbons (Fsp3) is 0.421. The van der Waals surface area contributed by atoms with Crippen LogP contribution in [0.2, 0.25) is 0 Å². The van der Waals surface area contributed by atoms with Crippen LogP contribution in [0.4, 0.5) is 0 Å². The third-order valence-corrected chi connectivity index (χ3v) is 6.41. The van der Waals surface area contributed by atoms with Gasteiger partial charge in [-0.25, -0.2) is 4.98 Å². The van der Waals surface area contributed by atoms with Crippen molar-refractivity contribution in [2.24, 2.45) is 0 Å². The Kier molecular flexibility index (Phi) is 5.88. The first-order valence-electron chi connectivity index (χ1n) is 8.87. The molecule has 0 aliphatic heterocycles. The molecule has 26 heavy (non-hydrogen) atoms. The Labute approximate surface area is 160 Å². The lowest BCUT2D eigenvalue weighted by Gasteiger charge is -2.12. The molecule has 5 nitrogen and oxygen atoms in total. The van der Waals surface area contributed by atoms with E-state index in [9.17, 15) is 9.59 Å². The average molecular weight is 391 g/mol. The highest BCUT2D eigenvalue weighted by atomic mass is 32.1. The summed E-state index contributed by atoms with van der Waals surface area (Å²) in [6.07, 6.45) is 2.94. The van der Waals surface area contributed by atoms with Crippen LogP contribution in [0.15, 0.2) is 22.3 Å². The van der Waals surface area contributed by atoms with Gasteiger partial charge in [-0.2, -0.15) is 0 Å². The quantitative estimate of drug-likeness (QED) is 0.612. The van der Waals surface area contributed by atoms with E-state index >= 15 is 0 Å². The second-order valence-electron chi connectivity index (χ2n) is 6.14. The summed E-state index contributed by atoms with van der Waals surface area (Å²) in [5.74, 6) is -0.0794. The zero-order valence-corrected chi connectivity index (χ0v) is 16.6. The molecule has 0 saturated heterocycles.